The Bertz CT molecular complexity index is 536. The molecule has 1 aromatic carbocycles. The number of hydrogen-bond donors (Lipinski definition) is 1. The number of aryl methyl sites for hydroxylation is 2. The summed E-state index contributed by atoms with van der Waals surface area (Å²) in [6.45, 7) is 2.04. The van der Waals surface area contributed by atoms with E-state index < -0.39 is 6.10 Å². The fourth-order valence-electron chi connectivity index (χ4n) is 2.09. The standard InChI is InChI=1S/C14H17ClN2O/c1-3-13-11(9-17(2)16-13)14(18)8-10-6-4-5-7-12(10)15/h4-7,9,14,18H,3,8H2,1-2H3. The summed E-state index contributed by atoms with van der Waals surface area (Å²) in [5.41, 5.74) is 2.79. The van der Waals surface area contributed by atoms with Gasteiger partial charge in [-0.1, -0.05) is 36.7 Å². The Morgan fingerprint density at radius 1 is 1.39 bits per heavy atom. The minimum Gasteiger partial charge on any atom is -0.388 e. The van der Waals surface area contributed by atoms with Crippen LogP contribution in [-0.2, 0) is 19.9 Å². The normalized spacial score (nSPS) is 12.7. The van der Waals surface area contributed by atoms with Gasteiger partial charge in [0.2, 0.25) is 0 Å². The molecule has 96 valence electrons. The van der Waals surface area contributed by atoms with Crippen LogP contribution >= 0.6 is 11.6 Å². The highest BCUT2D eigenvalue weighted by molar-refractivity contribution is 6.31. The Kier molecular flexibility index (Phi) is 4.04. The number of halogens is 1. The van der Waals surface area contributed by atoms with Crippen LogP contribution in [0.5, 0.6) is 0 Å². The van der Waals surface area contributed by atoms with Gasteiger partial charge in [0.25, 0.3) is 0 Å². The molecule has 18 heavy (non-hydrogen) atoms. The molecule has 3 nitrogen and oxygen atoms in total. The predicted octanol–water partition coefficient (Wildman–Crippen LogP) is 2.91. The molecule has 0 fully saturated rings. The highest BCUT2D eigenvalue weighted by Gasteiger charge is 2.16. The summed E-state index contributed by atoms with van der Waals surface area (Å²) in [5, 5.41) is 15.3. The van der Waals surface area contributed by atoms with Gasteiger partial charge in [-0.05, 0) is 18.1 Å². The summed E-state index contributed by atoms with van der Waals surface area (Å²) in [4.78, 5) is 0. The van der Waals surface area contributed by atoms with Crippen molar-refractivity contribution in [2.24, 2.45) is 7.05 Å². The number of aromatic nitrogens is 2. The Hall–Kier alpha value is -1.32. The molecule has 0 aliphatic carbocycles. The zero-order valence-electron chi connectivity index (χ0n) is 10.6. The van der Waals surface area contributed by atoms with Crippen LogP contribution in [0.4, 0.5) is 0 Å². The first-order chi connectivity index (χ1) is 8.61. The van der Waals surface area contributed by atoms with Gasteiger partial charge in [-0.15, -0.1) is 0 Å². The third-order valence-corrected chi connectivity index (χ3v) is 3.37. The fraction of sp³-hybridized carbons (Fsp3) is 0.357. The lowest BCUT2D eigenvalue weighted by molar-refractivity contribution is 0.177. The molecule has 0 radical (unpaired) electrons. The van der Waals surface area contributed by atoms with Crippen molar-refractivity contribution in [2.45, 2.75) is 25.9 Å². The highest BCUT2D eigenvalue weighted by atomic mass is 35.5. The molecule has 0 spiro atoms. The Labute approximate surface area is 112 Å². The second-order valence-electron chi connectivity index (χ2n) is 4.37. The number of rotatable bonds is 4. The van der Waals surface area contributed by atoms with Gasteiger partial charge >= 0.3 is 0 Å². The Morgan fingerprint density at radius 2 is 2.11 bits per heavy atom. The molecule has 1 N–H and O–H groups in total. The number of benzene rings is 1. The van der Waals surface area contributed by atoms with Gasteiger partial charge < -0.3 is 5.11 Å². The van der Waals surface area contributed by atoms with Crippen molar-refractivity contribution in [2.75, 3.05) is 0 Å². The molecule has 0 aliphatic rings. The molecule has 0 saturated carbocycles. The van der Waals surface area contributed by atoms with E-state index >= 15 is 0 Å². The van der Waals surface area contributed by atoms with Gasteiger partial charge in [-0.3, -0.25) is 4.68 Å². The molecule has 4 heteroatoms. The number of aliphatic hydroxyl groups is 1. The van der Waals surface area contributed by atoms with Gasteiger partial charge in [-0.25, -0.2) is 0 Å². The summed E-state index contributed by atoms with van der Waals surface area (Å²) in [6.07, 6.45) is 2.64. The van der Waals surface area contributed by atoms with Crippen LogP contribution in [-0.4, -0.2) is 14.9 Å². The maximum Gasteiger partial charge on any atom is 0.0864 e. The van der Waals surface area contributed by atoms with Crippen LogP contribution in [0.15, 0.2) is 30.5 Å². The first-order valence-corrected chi connectivity index (χ1v) is 6.43. The van der Waals surface area contributed by atoms with Crippen LogP contribution in [0.2, 0.25) is 5.02 Å². The molecule has 1 aromatic heterocycles. The van der Waals surface area contributed by atoms with Crippen LogP contribution in [0.1, 0.15) is 29.8 Å². The molecule has 1 unspecified atom stereocenters. The lowest BCUT2D eigenvalue weighted by Gasteiger charge is -2.11. The molecule has 1 heterocycles. The summed E-state index contributed by atoms with van der Waals surface area (Å²) in [7, 11) is 1.87. The van der Waals surface area contributed by atoms with Crippen molar-refractivity contribution in [1.29, 1.82) is 0 Å². The molecule has 0 amide bonds. The van der Waals surface area contributed by atoms with Crippen molar-refractivity contribution >= 4 is 11.6 Å². The molecular formula is C14H17ClN2O. The summed E-state index contributed by atoms with van der Waals surface area (Å²) < 4.78 is 1.74. The SMILES string of the molecule is CCc1nn(C)cc1C(O)Cc1ccccc1Cl. The van der Waals surface area contributed by atoms with Crippen LogP contribution in [0.3, 0.4) is 0 Å². The second-order valence-corrected chi connectivity index (χ2v) is 4.78. The first kappa shape index (κ1) is 13.1. The molecular weight excluding hydrogens is 248 g/mol. The topological polar surface area (TPSA) is 38.0 Å². The predicted molar refractivity (Wildman–Crippen MR) is 72.7 cm³/mol. The van der Waals surface area contributed by atoms with E-state index in [1.807, 2.05) is 44.4 Å². The smallest absolute Gasteiger partial charge is 0.0864 e. The molecule has 1 atom stereocenters. The van der Waals surface area contributed by atoms with E-state index in [-0.39, 0.29) is 0 Å². The zero-order valence-corrected chi connectivity index (χ0v) is 11.4. The van der Waals surface area contributed by atoms with E-state index in [0.717, 1.165) is 23.2 Å². The minimum atomic E-state index is -0.562. The molecule has 2 rings (SSSR count). The zero-order chi connectivity index (χ0) is 13.1. The van der Waals surface area contributed by atoms with Crippen molar-refractivity contribution in [3.63, 3.8) is 0 Å². The van der Waals surface area contributed by atoms with E-state index in [9.17, 15) is 5.11 Å². The van der Waals surface area contributed by atoms with E-state index in [2.05, 4.69) is 5.10 Å². The monoisotopic (exact) mass is 264 g/mol. The third kappa shape index (κ3) is 2.74. The maximum atomic E-state index is 10.3. The minimum absolute atomic E-state index is 0.512. The van der Waals surface area contributed by atoms with Crippen molar-refractivity contribution in [3.05, 3.63) is 52.3 Å². The van der Waals surface area contributed by atoms with E-state index in [1.165, 1.54) is 0 Å². The van der Waals surface area contributed by atoms with Crippen LogP contribution < -0.4 is 0 Å². The first-order valence-electron chi connectivity index (χ1n) is 6.05. The quantitative estimate of drug-likeness (QED) is 0.922. The largest absolute Gasteiger partial charge is 0.388 e. The fourth-order valence-corrected chi connectivity index (χ4v) is 2.30. The van der Waals surface area contributed by atoms with E-state index in [4.69, 9.17) is 11.6 Å². The van der Waals surface area contributed by atoms with Crippen molar-refractivity contribution in [3.8, 4) is 0 Å². The Morgan fingerprint density at radius 3 is 2.78 bits per heavy atom. The van der Waals surface area contributed by atoms with Crippen LogP contribution in [0.25, 0.3) is 0 Å². The van der Waals surface area contributed by atoms with Crippen molar-refractivity contribution in [1.82, 2.24) is 9.78 Å². The van der Waals surface area contributed by atoms with Crippen LogP contribution in [0, 0.1) is 0 Å². The lowest BCUT2D eigenvalue weighted by atomic mass is 10.0. The maximum absolute atomic E-state index is 10.3. The second kappa shape index (κ2) is 5.55. The average molecular weight is 265 g/mol. The highest BCUT2D eigenvalue weighted by Crippen LogP contribution is 2.25. The number of aliphatic hydroxyl groups excluding tert-OH is 1. The summed E-state index contributed by atoms with van der Waals surface area (Å²) >= 11 is 6.10. The van der Waals surface area contributed by atoms with Gasteiger partial charge in [0.05, 0.1) is 11.8 Å². The Balaban J connectivity index is 2.21. The molecule has 0 saturated heterocycles. The molecule has 0 aliphatic heterocycles. The van der Waals surface area contributed by atoms with Crippen molar-refractivity contribution < 1.29 is 5.11 Å². The van der Waals surface area contributed by atoms with Gasteiger partial charge in [0.1, 0.15) is 0 Å². The summed E-state index contributed by atoms with van der Waals surface area (Å²) in [6, 6.07) is 7.60. The third-order valence-electron chi connectivity index (χ3n) is 3.00. The summed E-state index contributed by atoms with van der Waals surface area (Å²) in [5.74, 6) is 0. The molecule has 2 aromatic rings. The number of hydrogen-bond acceptors (Lipinski definition) is 2. The van der Waals surface area contributed by atoms with Gasteiger partial charge in [-0.2, -0.15) is 5.10 Å². The lowest BCUT2D eigenvalue weighted by Crippen LogP contribution is -2.04. The number of nitrogens with zero attached hydrogens (tertiary/aromatic N) is 2. The van der Waals surface area contributed by atoms with Gasteiger partial charge in [0, 0.05) is 30.3 Å². The van der Waals surface area contributed by atoms with Gasteiger partial charge in [0.15, 0.2) is 0 Å². The molecule has 0 bridgehead atoms. The van der Waals surface area contributed by atoms with E-state index in [0.29, 0.717) is 11.4 Å². The average Bonchev–Trinajstić information content (AvgIpc) is 2.73. The van der Waals surface area contributed by atoms with E-state index in [1.54, 1.807) is 4.68 Å².